The Hall–Kier alpha value is -1.21. The number of halogens is 2. The highest BCUT2D eigenvalue weighted by molar-refractivity contribution is 14.1. The molecule has 0 aliphatic rings. The maximum Gasteiger partial charge on any atom is 0.275 e. The van der Waals surface area contributed by atoms with Crippen LogP contribution >= 0.6 is 34.2 Å². The second kappa shape index (κ2) is 5.42. The Bertz CT molecular complexity index is 548. The molecule has 1 N–H and O–H groups in total. The van der Waals surface area contributed by atoms with E-state index in [9.17, 15) is 4.79 Å². The highest BCUT2D eigenvalue weighted by Gasteiger charge is 2.09. The molecule has 1 heterocycles. The van der Waals surface area contributed by atoms with Crippen molar-refractivity contribution in [2.75, 3.05) is 5.32 Å². The Balaban J connectivity index is 2.19. The van der Waals surface area contributed by atoms with Crippen LogP contribution in [0.15, 0.2) is 36.8 Å². The standard InChI is InChI=1S/C11H7ClIN3O/c12-7-1-2-9(8(13)5-7)16-11(17)10-6-14-3-4-15-10/h1-6H,(H,16,17). The predicted molar refractivity (Wildman–Crippen MR) is 74.2 cm³/mol. The zero-order valence-corrected chi connectivity index (χ0v) is 11.4. The van der Waals surface area contributed by atoms with Crippen molar-refractivity contribution in [2.45, 2.75) is 0 Å². The lowest BCUT2D eigenvalue weighted by molar-refractivity contribution is 0.102. The van der Waals surface area contributed by atoms with Crippen molar-refractivity contribution in [2.24, 2.45) is 0 Å². The molecular weight excluding hydrogens is 352 g/mol. The van der Waals surface area contributed by atoms with Gasteiger partial charge in [0.25, 0.3) is 5.91 Å². The van der Waals surface area contributed by atoms with Crippen LogP contribution in [0.1, 0.15) is 10.5 Å². The van der Waals surface area contributed by atoms with Gasteiger partial charge in [-0.05, 0) is 40.8 Å². The van der Waals surface area contributed by atoms with Gasteiger partial charge in [0.2, 0.25) is 0 Å². The van der Waals surface area contributed by atoms with E-state index < -0.39 is 0 Å². The van der Waals surface area contributed by atoms with E-state index in [0.29, 0.717) is 10.7 Å². The first-order valence-corrected chi connectivity index (χ1v) is 6.15. The van der Waals surface area contributed by atoms with E-state index in [4.69, 9.17) is 11.6 Å². The fraction of sp³-hybridized carbons (Fsp3) is 0. The molecule has 1 aromatic carbocycles. The molecule has 0 saturated carbocycles. The van der Waals surface area contributed by atoms with E-state index in [0.717, 1.165) is 3.57 Å². The quantitative estimate of drug-likeness (QED) is 0.839. The molecule has 0 saturated heterocycles. The molecule has 0 spiro atoms. The molecule has 6 heteroatoms. The van der Waals surface area contributed by atoms with Crippen LogP contribution in [0.3, 0.4) is 0 Å². The minimum atomic E-state index is -0.293. The summed E-state index contributed by atoms with van der Waals surface area (Å²) >= 11 is 7.93. The van der Waals surface area contributed by atoms with Crippen LogP contribution in [0.5, 0.6) is 0 Å². The molecule has 1 aromatic heterocycles. The number of rotatable bonds is 2. The number of benzene rings is 1. The maximum atomic E-state index is 11.8. The first-order valence-electron chi connectivity index (χ1n) is 4.69. The van der Waals surface area contributed by atoms with Gasteiger partial charge in [0.05, 0.1) is 11.9 Å². The van der Waals surface area contributed by atoms with Crippen molar-refractivity contribution in [3.63, 3.8) is 0 Å². The molecule has 2 aromatic rings. The largest absolute Gasteiger partial charge is 0.320 e. The molecule has 0 fully saturated rings. The third-order valence-corrected chi connectivity index (χ3v) is 3.10. The van der Waals surface area contributed by atoms with Crippen LogP contribution in [0, 0.1) is 3.57 Å². The van der Waals surface area contributed by atoms with Crippen LogP contribution in [-0.4, -0.2) is 15.9 Å². The number of hydrogen-bond acceptors (Lipinski definition) is 3. The highest BCUT2D eigenvalue weighted by Crippen LogP contribution is 2.22. The van der Waals surface area contributed by atoms with Gasteiger partial charge in [-0.25, -0.2) is 4.98 Å². The predicted octanol–water partition coefficient (Wildman–Crippen LogP) is 2.99. The molecule has 1 amide bonds. The van der Waals surface area contributed by atoms with Gasteiger partial charge in [-0.3, -0.25) is 9.78 Å². The van der Waals surface area contributed by atoms with Gasteiger partial charge in [-0.2, -0.15) is 0 Å². The molecule has 2 rings (SSSR count). The van der Waals surface area contributed by atoms with Gasteiger partial charge >= 0.3 is 0 Å². The lowest BCUT2D eigenvalue weighted by Gasteiger charge is -2.06. The highest BCUT2D eigenvalue weighted by atomic mass is 127. The summed E-state index contributed by atoms with van der Waals surface area (Å²) < 4.78 is 0.868. The van der Waals surface area contributed by atoms with E-state index >= 15 is 0 Å². The molecule has 0 atom stereocenters. The van der Waals surface area contributed by atoms with Crippen LogP contribution < -0.4 is 5.32 Å². The van der Waals surface area contributed by atoms with Crippen molar-refractivity contribution in [3.8, 4) is 0 Å². The van der Waals surface area contributed by atoms with Crippen LogP contribution in [-0.2, 0) is 0 Å². The van der Waals surface area contributed by atoms with E-state index in [1.54, 1.807) is 18.2 Å². The van der Waals surface area contributed by atoms with E-state index in [2.05, 4.69) is 37.9 Å². The third-order valence-electron chi connectivity index (χ3n) is 1.98. The number of hydrogen-bond donors (Lipinski definition) is 1. The topological polar surface area (TPSA) is 54.9 Å². The van der Waals surface area contributed by atoms with E-state index in [1.165, 1.54) is 18.6 Å². The first-order chi connectivity index (χ1) is 8.16. The summed E-state index contributed by atoms with van der Waals surface area (Å²) in [6.45, 7) is 0. The van der Waals surface area contributed by atoms with Gasteiger partial charge < -0.3 is 5.32 Å². The Morgan fingerprint density at radius 3 is 2.82 bits per heavy atom. The molecule has 86 valence electrons. The zero-order chi connectivity index (χ0) is 12.3. The molecule has 17 heavy (non-hydrogen) atoms. The number of anilines is 1. The van der Waals surface area contributed by atoms with Crippen molar-refractivity contribution in [1.82, 2.24) is 9.97 Å². The molecule has 0 unspecified atom stereocenters. The SMILES string of the molecule is O=C(Nc1ccc(Cl)cc1I)c1cnccn1. The molecular formula is C11H7ClIN3O. The molecule has 0 aliphatic carbocycles. The average molecular weight is 360 g/mol. The molecule has 4 nitrogen and oxygen atoms in total. The second-order valence-electron chi connectivity index (χ2n) is 3.17. The fourth-order valence-electron chi connectivity index (χ4n) is 1.19. The monoisotopic (exact) mass is 359 g/mol. The Morgan fingerprint density at radius 2 is 2.18 bits per heavy atom. The number of carbonyl (C=O) groups excluding carboxylic acids is 1. The summed E-state index contributed by atoms with van der Waals surface area (Å²) in [7, 11) is 0. The summed E-state index contributed by atoms with van der Waals surface area (Å²) in [4.78, 5) is 19.6. The normalized spacial score (nSPS) is 10.0. The van der Waals surface area contributed by atoms with Gasteiger partial charge in [-0.15, -0.1) is 0 Å². The third kappa shape index (κ3) is 3.13. The van der Waals surface area contributed by atoms with Gasteiger partial charge in [-0.1, -0.05) is 11.6 Å². The van der Waals surface area contributed by atoms with Crippen molar-refractivity contribution < 1.29 is 4.79 Å². The van der Waals surface area contributed by atoms with Crippen molar-refractivity contribution in [1.29, 1.82) is 0 Å². The summed E-state index contributed by atoms with van der Waals surface area (Å²) in [5.74, 6) is -0.293. The van der Waals surface area contributed by atoms with E-state index in [1.807, 2.05) is 0 Å². The van der Waals surface area contributed by atoms with Gasteiger partial charge in [0.1, 0.15) is 5.69 Å². The van der Waals surface area contributed by atoms with Gasteiger partial charge in [0, 0.05) is 21.0 Å². The van der Waals surface area contributed by atoms with Gasteiger partial charge in [0.15, 0.2) is 0 Å². The zero-order valence-electron chi connectivity index (χ0n) is 8.52. The van der Waals surface area contributed by atoms with Crippen molar-refractivity contribution in [3.05, 3.63) is 51.1 Å². The summed E-state index contributed by atoms with van der Waals surface area (Å²) in [5, 5.41) is 3.38. The Labute approximate surface area is 117 Å². The Morgan fingerprint density at radius 1 is 1.35 bits per heavy atom. The lowest BCUT2D eigenvalue weighted by Crippen LogP contribution is -2.14. The molecule has 0 bridgehead atoms. The molecule has 0 aliphatic heterocycles. The average Bonchev–Trinajstić information content (AvgIpc) is 2.34. The van der Waals surface area contributed by atoms with E-state index in [-0.39, 0.29) is 11.6 Å². The number of nitrogens with zero attached hydrogens (tertiary/aromatic N) is 2. The fourth-order valence-corrected chi connectivity index (χ4v) is 2.20. The Kier molecular flexibility index (Phi) is 3.90. The smallest absolute Gasteiger partial charge is 0.275 e. The summed E-state index contributed by atoms with van der Waals surface area (Å²) in [6, 6.07) is 5.24. The first kappa shape index (κ1) is 12.3. The van der Waals surface area contributed by atoms with Crippen LogP contribution in [0.25, 0.3) is 0 Å². The lowest BCUT2D eigenvalue weighted by atomic mass is 10.3. The minimum absolute atomic E-state index is 0.276. The van der Waals surface area contributed by atoms with Crippen LogP contribution in [0.4, 0.5) is 5.69 Å². The van der Waals surface area contributed by atoms with Crippen LogP contribution in [0.2, 0.25) is 5.02 Å². The number of carbonyl (C=O) groups is 1. The number of nitrogens with one attached hydrogen (secondary N) is 1. The maximum absolute atomic E-state index is 11.8. The summed E-state index contributed by atoms with van der Waals surface area (Å²) in [6.07, 6.45) is 4.41. The van der Waals surface area contributed by atoms with Crippen molar-refractivity contribution >= 4 is 45.8 Å². The number of amides is 1. The summed E-state index contributed by atoms with van der Waals surface area (Å²) in [5.41, 5.74) is 0.976. The number of aromatic nitrogens is 2. The second-order valence-corrected chi connectivity index (χ2v) is 4.77. The molecule has 0 radical (unpaired) electrons. The minimum Gasteiger partial charge on any atom is -0.320 e.